The van der Waals surface area contributed by atoms with Crippen molar-refractivity contribution in [2.45, 2.75) is 31.9 Å². The van der Waals surface area contributed by atoms with E-state index in [4.69, 9.17) is 4.74 Å². The number of ether oxygens (including phenoxy) is 1. The first kappa shape index (κ1) is 13.1. The van der Waals surface area contributed by atoms with Gasteiger partial charge in [-0.15, -0.1) is 0 Å². The second-order valence-electron chi connectivity index (χ2n) is 5.27. The fraction of sp³-hybridized carbons (Fsp3) is 0.467. The van der Waals surface area contributed by atoms with Crippen LogP contribution in [0.2, 0.25) is 0 Å². The molecule has 1 fully saturated rings. The van der Waals surface area contributed by atoms with Crippen molar-refractivity contribution in [3.63, 3.8) is 0 Å². The lowest BCUT2D eigenvalue weighted by Crippen LogP contribution is -2.38. The molecule has 1 aliphatic rings. The molecule has 106 valence electrons. The number of hydrogen-bond acceptors (Lipinski definition) is 3. The van der Waals surface area contributed by atoms with E-state index < -0.39 is 0 Å². The second kappa shape index (κ2) is 5.25. The van der Waals surface area contributed by atoms with Gasteiger partial charge in [-0.1, -0.05) is 12.1 Å². The van der Waals surface area contributed by atoms with E-state index in [1.165, 1.54) is 11.6 Å². The molecular formula is C15H18N2O3. The summed E-state index contributed by atoms with van der Waals surface area (Å²) in [6.45, 7) is 1.52. The fourth-order valence-electron chi connectivity index (χ4n) is 2.53. The topological polar surface area (TPSA) is 56.5 Å². The zero-order chi connectivity index (χ0) is 14.1. The maximum Gasteiger partial charge on any atom is 0.331 e. The van der Waals surface area contributed by atoms with Crippen LogP contribution < -0.4 is 11.2 Å². The Balaban J connectivity index is 1.91. The third-order valence-corrected chi connectivity index (χ3v) is 3.81. The van der Waals surface area contributed by atoms with E-state index in [0.717, 1.165) is 31.4 Å². The van der Waals surface area contributed by atoms with Crippen LogP contribution in [-0.4, -0.2) is 21.8 Å². The number of rotatable bonds is 5. The normalized spacial score (nSPS) is 17.6. The van der Waals surface area contributed by atoms with Crippen molar-refractivity contribution < 1.29 is 4.74 Å². The van der Waals surface area contributed by atoms with Crippen LogP contribution in [0.25, 0.3) is 10.9 Å². The highest BCUT2D eigenvalue weighted by Crippen LogP contribution is 2.17. The van der Waals surface area contributed by atoms with Gasteiger partial charge in [-0.3, -0.25) is 13.9 Å². The van der Waals surface area contributed by atoms with Gasteiger partial charge in [-0.2, -0.15) is 0 Å². The smallest absolute Gasteiger partial charge is 0.331 e. The van der Waals surface area contributed by atoms with Crippen molar-refractivity contribution >= 4 is 10.9 Å². The van der Waals surface area contributed by atoms with Gasteiger partial charge in [0.1, 0.15) is 0 Å². The van der Waals surface area contributed by atoms with Crippen LogP contribution in [0.3, 0.4) is 0 Å². The minimum atomic E-state index is -0.239. The molecule has 0 amide bonds. The predicted octanol–water partition coefficient (Wildman–Crippen LogP) is 1.27. The Hall–Kier alpha value is -1.88. The Bertz CT molecular complexity index is 741. The molecule has 1 aromatic carbocycles. The SMILES string of the molecule is Cn1c(=O)c2ccccc2n(CCCCC2CO2)c1=O. The molecule has 0 saturated carbocycles. The first-order valence-corrected chi connectivity index (χ1v) is 6.98. The van der Waals surface area contributed by atoms with Crippen LogP contribution in [0.4, 0.5) is 0 Å². The zero-order valence-electron chi connectivity index (χ0n) is 11.5. The monoisotopic (exact) mass is 274 g/mol. The molecule has 1 unspecified atom stereocenters. The standard InChI is InChI=1S/C15H18N2O3/c1-16-14(18)12-7-2-3-8-13(12)17(15(16)19)9-5-4-6-11-10-20-11/h2-3,7-8,11H,4-6,9-10H2,1H3. The van der Waals surface area contributed by atoms with Gasteiger partial charge >= 0.3 is 5.69 Å². The number of hydrogen-bond donors (Lipinski definition) is 0. The van der Waals surface area contributed by atoms with Gasteiger partial charge in [-0.25, -0.2) is 4.79 Å². The molecule has 1 atom stereocenters. The molecule has 0 spiro atoms. The summed E-state index contributed by atoms with van der Waals surface area (Å²) in [6, 6.07) is 7.28. The third-order valence-electron chi connectivity index (χ3n) is 3.81. The number of epoxide rings is 1. The molecular weight excluding hydrogens is 256 g/mol. The summed E-state index contributed by atoms with van der Waals surface area (Å²) in [5.41, 5.74) is 0.257. The van der Waals surface area contributed by atoms with Crippen molar-refractivity contribution in [1.82, 2.24) is 9.13 Å². The summed E-state index contributed by atoms with van der Waals surface area (Å²) in [7, 11) is 1.53. The van der Waals surface area contributed by atoms with E-state index in [0.29, 0.717) is 18.0 Å². The van der Waals surface area contributed by atoms with E-state index in [1.807, 2.05) is 18.2 Å². The van der Waals surface area contributed by atoms with Crippen molar-refractivity contribution in [2.75, 3.05) is 6.61 Å². The van der Waals surface area contributed by atoms with Gasteiger partial charge in [0, 0.05) is 13.6 Å². The van der Waals surface area contributed by atoms with Crippen molar-refractivity contribution in [3.05, 3.63) is 45.1 Å². The minimum absolute atomic E-state index is 0.228. The molecule has 20 heavy (non-hydrogen) atoms. The number of aromatic nitrogens is 2. The van der Waals surface area contributed by atoms with E-state index in [-0.39, 0.29) is 11.2 Å². The first-order valence-electron chi connectivity index (χ1n) is 6.98. The van der Waals surface area contributed by atoms with Gasteiger partial charge in [0.2, 0.25) is 0 Å². The van der Waals surface area contributed by atoms with Crippen LogP contribution in [0.1, 0.15) is 19.3 Å². The molecule has 1 aromatic heterocycles. The summed E-state index contributed by atoms with van der Waals surface area (Å²) >= 11 is 0. The molecule has 2 heterocycles. The summed E-state index contributed by atoms with van der Waals surface area (Å²) < 4.78 is 8.06. The Morgan fingerprint density at radius 2 is 2.00 bits per heavy atom. The molecule has 1 aliphatic heterocycles. The number of fused-ring (bicyclic) bond motifs is 1. The van der Waals surface area contributed by atoms with E-state index in [1.54, 1.807) is 10.6 Å². The van der Waals surface area contributed by atoms with Gasteiger partial charge in [-0.05, 0) is 31.4 Å². The molecule has 5 heteroatoms. The number of nitrogens with zero attached hydrogens (tertiary/aromatic N) is 2. The van der Waals surface area contributed by atoms with Crippen LogP contribution in [-0.2, 0) is 18.3 Å². The van der Waals surface area contributed by atoms with Gasteiger partial charge < -0.3 is 4.74 Å². The highest BCUT2D eigenvalue weighted by molar-refractivity contribution is 5.77. The molecule has 0 radical (unpaired) electrons. The average molecular weight is 274 g/mol. The quantitative estimate of drug-likeness (QED) is 0.609. The van der Waals surface area contributed by atoms with Crippen LogP contribution in [0, 0.1) is 0 Å². The second-order valence-corrected chi connectivity index (χ2v) is 5.27. The average Bonchev–Trinajstić information content (AvgIpc) is 3.28. The number of benzene rings is 1. The van der Waals surface area contributed by atoms with E-state index in [2.05, 4.69) is 0 Å². The number of para-hydroxylation sites is 1. The molecule has 1 saturated heterocycles. The highest BCUT2D eigenvalue weighted by atomic mass is 16.6. The molecule has 3 rings (SSSR count). The number of aryl methyl sites for hydroxylation is 1. The van der Waals surface area contributed by atoms with Gasteiger partial charge in [0.15, 0.2) is 0 Å². The maximum atomic E-state index is 12.2. The first-order chi connectivity index (χ1) is 9.68. The van der Waals surface area contributed by atoms with Crippen molar-refractivity contribution in [3.8, 4) is 0 Å². The van der Waals surface area contributed by atoms with Crippen LogP contribution >= 0.6 is 0 Å². The van der Waals surface area contributed by atoms with Gasteiger partial charge in [0.05, 0.1) is 23.6 Å². The minimum Gasteiger partial charge on any atom is -0.373 e. The lowest BCUT2D eigenvalue weighted by Gasteiger charge is -2.11. The Morgan fingerprint density at radius 1 is 1.25 bits per heavy atom. The van der Waals surface area contributed by atoms with Crippen molar-refractivity contribution in [2.24, 2.45) is 7.05 Å². The number of unbranched alkanes of at least 4 members (excludes halogenated alkanes) is 1. The maximum absolute atomic E-state index is 12.2. The summed E-state index contributed by atoms with van der Waals surface area (Å²) in [5.74, 6) is 0. The zero-order valence-corrected chi connectivity index (χ0v) is 11.5. The molecule has 0 aliphatic carbocycles. The third kappa shape index (κ3) is 2.41. The summed E-state index contributed by atoms with van der Waals surface area (Å²) in [6.07, 6.45) is 3.44. The highest BCUT2D eigenvalue weighted by Gasteiger charge is 2.21. The lowest BCUT2D eigenvalue weighted by atomic mass is 10.2. The lowest BCUT2D eigenvalue weighted by molar-refractivity contribution is 0.386. The predicted molar refractivity (Wildman–Crippen MR) is 77.0 cm³/mol. The van der Waals surface area contributed by atoms with E-state index in [9.17, 15) is 9.59 Å². The van der Waals surface area contributed by atoms with Gasteiger partial charge in [0.25, 0.3) is 5.56 Å². The largest absolute Gasteiger partial charge is 0.373 e. The molecule has 0 bridgehead atoms. The summed E-state index contributed by atoms with van der Waals surface area (Å²) in [4.78, 5) is 24.3. The molecule has 2 aromatic rings. The van der Waals surface area contributed by atoms with Crippen LogP contribution in [0.5, 0.6) is 0 Å². The Kier molecular flexibility index (Phi) is 3.44. The van der Waals surface area contributed by atoms with Crippen LogP contribution in [0.15, 0.2) is 33.9 Å². The molecule has 0 N–H and O–H groups in total. The Morgan fingerprint density at radius 3 is 2.75 bits per heavy atom. The van der Waals surface area contributed by atoms with E-state index >= 15 is 0 Å². The van der Waals surface area contributed by atoms with Crippen molar-refractivity contribution in [1.29, 1.82) is 0 Å². The Labute approximate surface area is 116 Å². The fourth-order valence-corrected chi connectivity index (χ4v) is 2.53. The molecule has 5 nitrogen and oxygen atoms in total. The summed E-state index contributed by atoms with van der Waals surface area (Å²) in [5, 5.41) is 0.597.